The van der Waals surface area contributed by atoms with Crippen molar-refractivity contribution in [1.29, 1.82) is 0 Å². The Morgan fingerprint density at radius 3 is 2.48 bits per heavy atom. The van der Waals surface area contributed by atoms with E-state index >= 15 is 0 Å². The first-order chi connectivity index (χ1) is 11.0. The average molecular weight is 411 g/mol. The summed E-state index contributed by atoms with van der Waals surface area (Å²) < 4.78 is 6.58. The Morgan fingerprint density at radius 2 is 1.74 bits per heavy atom. The highest BCUT2D eigenvalue weighted by Gasteiger charge is 2.14. The van der Waals surface area contributed by atoms with Gasteiger partial charge in [0.15, 0.2) is 5.76 Å². The van der Waals surface area contributed by atoms with Gasteiger partial charge in [-0.25, -0.2) is 0 Å². The molecule has 0 atom stereocenters. The third-order valence-electron chi connectivity index (χ3n) is 3.16. The highest BCUT2D eigenvalue weighted by molar-refractivity contribution is 9.10. The van der Waals surface area contributed by atoms with Crippen molar-refractivity contribution in [2.75, 3.05) is 5.32 Å². The number of furan rings is 1. The number of carbonyl (C=O) groups excluding carboxylic acids is 1. The molecule has 0 aliphatic rings. The largest absolute Gasteiger partial charge is 0.451 e. The van der Waals surface area contributed by atoms with Crippen LogP contribution in [0.1, 0.15) is 10.6 Å². The zero-order chi connectivity index (χ0) is 16.4. The standard InChI is InChI=1S/C17H10BrCl2NO2/c18-11-6-4-10(5-7-11)14-8-9-15(23-14)17(22)21-13-3-1-2-12(19)16(13)20/h1-9H,(H,21,22). The zero-order valence-corrected chi connectivity index (χ0v) is 14.7. The fraction of sp³-hybridized carbons (Fsp3) is 0. The number of carbonyl (C=O) groups is 1. The number of halogens is 3. The summed E-state index contributed by atoms with van der Waals surface area (Å²) in [5, 5.41) is 3.35. The van der Waals surface area contributed by atoms with E-state index < -0.39 is 5.91 Å². The van der Waals surface area contributed by atoms with Gasteiger partial charge in [-0.05, 0) is 36.4 Å². The van der Waals surface area contributed by atoms with E-state index in [0.717, 1.165) is 10.0 Å². The molecule has 6 heteroatoms. The molecule has 0 aliphatic heterocycles. The first-order valence-electron chi connectivity index (χ1n) is 6.66. The Bertz CT molecular complexity index is 859. The maximum absolute atomic E-state index is 12.3. The van der Waals surface area contributed by atoms with Gasteiger partial charge in [0.25, 0.3) is 5.91 Å². The molecule has 0 aliphatic carbocycles. The van der Waals surface area contributed by atoms with Crippen LogP contribution in [0.25, 0.3) is 11.3 Å². The number of hydrogen-bond donors (Lipinski definition) is 1. The van der Waals surface area contributed by atoms with Crippen LogP contribution in [0.5, 0.6) is 0 Å². The molecular formula is C17H10BrCl2NO2. The Morgan fingerprint density at radius 1 is 1.00 bits per heavy atom. The number of nitrogens with one attached hydrogen (secondary N) is 1. The highest BCUT2D eigenvalue weighted by atomic mass is 79.9. The van der Waals surface area contributed by atoms with Gasteiger partial charge in [0, 0.05) is 10.0 Å². The lowest BCUT2D eigenvalue weighted by atomic mass is 10.2. The van der Waals surface area contributed by atoms with E-state index in [1.807, 2.05) is 24.3 Å². The van der Waals surface area contributed by atoms with Crippen molar-refractivity contribution in [1.82, 2.24) is 0 Å². The maximum atomic E-state index is 12.3. The summed E-state index contributed by atoms with van der Waals surface area (Å²) in [6.45, 7) is 0. The third-order valence-corrected chi connectivity index (χ3v) is 4.51. The van der Waals surface area contributed by atoms with Gasteiger partial charge in [-0.2, -0.15) is 0 Å². The van der Waals surface area contributed by atoms with Crippen LogP contribution in [0.4, 0.5) is 5.69 Å². The van der Waals surface area contributed by atoms with E-state index in [-0.39, 0.29) is 5.76 Å². The molecule has 0 unspecified atom stereocenters. The minimum absolute atomic E-state index is 0.193. The highest BCUT2D eigenvalue weighted by Crippen LogP contribution is 2.30. The molecule has 2 aromatic carbocycles. The van der Waals surface area contributed by atoms with Gasteiger partial charge in [0.2, 0.25) is 0 Å². The summed E-state index contributed by atoms with van der Waals surface area (Å²) in [7, 11) is 0. The molecule has 0 saturated heterocycles. The van der Waals surface area contributed by atoms with E-state index in [1.54, 1.807) is 30.3 Å². The maximum Gasteiger partial charge on any atom is 0.291 e. The van der Waals surface area contributed by atoms with Crippen LogP contribution in [0.3, 0.4) is 0 Å². The van der Waals surface area contributed by atoms with Crippen LogP contribution in [-0.4, -0.2) is 5.91 Å². The predicted molar refractivity (Wildman–Crippen MR) is 96.3 cm³/mol. The summed E-state index contributed by atoms with van der Waals surface area (Å²) in [5.74, 6) is 0.413. The smallest absolute Gasteiger partial charge is 0.291 e. The first-order valence-corrected chi connectivity index (χ1v) is 8.20. The lowest BCUT2D eigenvalue weighted by Gasteiger charge is -2.06. The second-order valence-electron chi connectivity index (χ2n) is 4.73. The van der Waals surface area contributed by atoms with Gasteiger partial charge in [-0.1, -0.05) is 57.3 Å². The number of hydrogen-bond acceptors (Lipinski definition) is 2. The normalized spacial score (nSPS) is 10.6. The second-order valence-corrected chi connectivity index (χ2v) is 6.43. The van der Waals surface area contributed by atoms with Crippen LogP contribution in [0.2, 0.25) is 10.0 Å². The molecule has 1 aromatic heterocycles. The molecule has 0 fully saturated rings. The summed E-state index contributed by atoms with van der Waals surface area (Å²) >= 11 is 15.4. The Kier molecular flexibility index (Phi) is 4.76. The SMILES string of the molecule is O=C(Nc1cccc(Cl)c1Cl)c1ccc(-c2ccc(Br)cc2)o1. The quantitative estimate of drug-likeness (QED) is 0.552. The molecule has 1 N–H and O–H groups in total. The number of anilines is 1. The lowest BCUT2D eigenvalue weighted by molar-refractivity contribution is 0.0997. The molecule has 3 nitrogen and oxygen atoms in total. The minimum Gasteiger partial charge on any atom is -0.451 e. The van der Waals surface area contributed by atoms with Crippen LogP contribution >= 0.6 is 39.1 Å². The average Bonchev–Trinajstić information content (AvgIpc) is 3.02. The lowest BCUT2D eigenvalue weighted by Crippen LogP contribution is -2.11. The van der Waals surface area contributed by atoms with Gasteiger partial charge in [0.1, 0.15) is 5.76 Å². The zero-order valence-electron chi connectivity index (χ0n) is 11.6. The summed E-state index contributed by atoms with van der Waals surface area (Å²) in [4.78, 5) is 12.3. The van der Waals surface area contributed by atoms with Crippen molar-refractivity contribution in [3.63, 3.8) is 0 Å². The Labute approximate surface area is 151 Å². The fourth-order valence-corrected chi connectivity index (χ4v) is 2.63. The minimum atomic E-state index is -0.391. The number of benzene rings is 2. The van der Waals surface area contributed by atoms with E-state index in [2.05, 4.69) is 21.2 Å². The molecule has 0 saturated carbocycles. The Hall–Kier alpha value is -1.75. The van der Waals surface area contributed by atoms with Gasteiger partial charge < -0.3 is 9.73 Å². The molecule has 3 rings (SSSR count). The molecule has 0 spiro atoms. The molecule has 0 radical (unpaired) electrons. The van der Waals surface area contributed by atoms with Crippen molar-refractivity contribution in [3.05, 3.63) is 74.9 Å². The van der Waals surface area contributed by atoms with Crippen molar-refractivity contribution < 1.29 is 9.21 Å². The molecular weight excluding hydrogens is 401 g/mol. The van der Waals surface area contributed by atoms with Gasteiger partial charge >= 0.3 is 0 Å². The Balaban J connectivity index is 1.81. The van der Waals surface area contributed by atoms with Crippen LogP contribution in [0, 0.1) is 0 Å². The van der Waals surface area contributed by atoms with Crippen molar-refractivity contribution >= 4 is 50.7 Å². The van der Waals surface area contributed by atoms with E-state index in [0.29, 0.717) is 21.5 Å². The molecule has 23 heavy (non-hydrogen) atoms. The summed E-state index contributed by atoms with van der Waals surface area (Å²) in [6, 6.07) is 16.0. The van der Waals surface area contributed by atoms with E-state index in [1.165, 1.54) is 0 Å². The van der Waals surface area contributed by atoms with Gasteiger partial charge in [-0.3, -0.25) is 4.79 Å². The van der Waals surface area contributed by atoms with E-state index in [4.69, 9.17) is 27.6 Å². The topological polar surface area (TPSA) is 42.2 Å². The van der Waals surface area contributed by atoms with Crippen LogP contribution < -0.4 is 5.32 Å². The van der Waals surface area contributed by atoms with E-state index in [9.17, 15) is 4.79 Å². The molecule has 1 heterocycles. The van der Waals surface area contributed by atoms with Crippen molar-refractivity contribution in [2.24, 2.45) is 0 Å². The first kappa shape index (κ1) is 16.1. The van der Waals surface area contributed by atoms with Crippen LogP contribution in [0.15, 0.2) is 63.5 Å². The monoisotopic (exact) mass is 409 g/mol. The number of rotatable bonds is 3. The molecule has 116 valence electrons. The number of amides is 1. The van der Waals surface area contributed by atoms with Gasteiger partial charge in [-0.15, -0.1) is 0 Å². The van der Waals surface area contributed by atoms with Crippen molar-refractivity contribution in [2.45, 2.75) is 0 Å². The van der Waals surface area contributed by atoms with Crippen LogP contribution in [-0.2, 0) is 0 Å². The molecule has 3 aromatic rings. The predicted octanol–water partition coefficient (Wildman–Crippen LogP) is 6.27. The summed E-state index contributed by atoms with van der Waals surface area (Å²) in [6.07, 6.45) is 0. The summed E-state index contributed by atoms with van der Waals surface area (Å²) in [5.41, 5.74) is 1.32. The second kappa shape index (κ2) is 6.79. The fourth-order valence-electron chi connectivity index (χ4n) is 2.01. The van der Waals surface area contributed by atoms with Gasteiger partial charge in [0.05, 0.1) is 15.7 Å². The molecule has 1 amide bonds. The van der Waals surface area contributed by atoms with Crippen molar-refractivity contribution in [3.8, 4) is 11.3 Å². The molecule has 0 bridgehead atoms. The third kappa shape index (κ3) is 3.61.